The maximum atomic E-state index is 11.3. The van der Waals surface area contributed by atoms with Crippen molar-refractivity contribution in [2.75, 3.05) is 0 Å². The lowest BCUT2D eigenvalue weighted by atomic mass is 9.84. The van der Waals surface area contributed by atoms with Crippen LogP contribution in [0, 0.1) is 0 Å². The second-order valence-electron chi connectivity index (χ2n) is 5.55. The zero-order chi connectivity index (χ0) is 14.5. The van der Waals surface area contributed by atoms with Crippen LogP contribution in [0.25, 0.3) is 0 Å². The van der Waals surface area contributed by atoms with Gasteiger partial charge in [0.15, 0.2) is 0 Å². The molecule has 1 aliphatic heterocycles. The van der Waals surface area contributed by atoms with Crippen LogP contribution in [0.4, 0.5) is 0 Å². The molecule has 0 aliphatic carbocycles. The SMILES string of the molecule is CC1(C)OB(c2cc(S(N)(=O)=O)ccn2)OC1(C)C. The van der Waals surface area contributed by atoms with Crippen LogP contribution in [0.1, 0.15) is 27.7 Å². The molecular formula is C11H17BN2O4S. The molecular weight excluding hydrogens is 267 g/mol. The summed E-state index contributed by atoms with van der Waals surface area (Å²) in [5, 5.41) is 5.09. The Bertz CT molecular complexity index is 584. The normalized spacial score (nSPS) is 21.6. The molecule has 0 saturated carbocycles. The third-order valence-corrected chi connectivity index (χ3v) is 4.49. The molecule has 0 amide bonds. The first-order chi connectivity index (χ1) is 8.53. The van der Waals surface area contributed by atoms with Crippen molar-refractivity contribution in [3.05, 3.63) is 18.3 Å². The minimum absolute atomic E-state index is 0.00721. The van der Waals surface area contributed by atoms with E-state index in [2.05, 4.69) is 4.98 Å². The number of aromatic nitrogens is 1. The Hall–Kier alpha value is -0.955. The number of rotatable bonds is 2. The second-order valence-corrected chi connectivity index (χ2v) is 7.11. The van der Waals surface area contributed by atoms with Gasteiger partial charge in [-0.25, -0.2) is 13.6 Å². The van der Waals surface area contributed by atoms with Crippen LogP contribution in [-0.2, 0) is 19.3 Å². The van der Waals surface area contributed by atoms with Crippen molar-refractivity contribution in [3.63, 3.8) is 0 Å². The highest BCUT2D eigenvalue weighted by Gasteiger charge is 2.52. The van der Waals surface area contributed by atoms with Crippen molar-refractivity contribution in [1.29, 1.82) is 0 Å². The van der Waals surface area contributed by atoms with E-state index >= 15 is 0 Å². The molecule has 0 radical (unpaired) electrons. The van der Waals surface area contributed by atoms with Gasteiger partial charge in [0.25, 0.3) is 0 Å². The van der Waals surface area contributed by atoms with Crippen LogP contribution in [0.5, 0.6) is 0 Å². The smallest absolute Gasteiger partial charge is 0.398 e. The highest BCUT2D eigenvalue weighted by atomic mass is 32.2. The minimum Gasteiger partial charge on any atom is -0.398 e. The molecule has 1 aromatic heterocycles. The zero-order valence-electron chi connectivity index (χ0n) is 11.4. The Morgan fingerprint density at radius 1 is 1.21 bits per heavy atom. The Morgan fingerprint density at radius 2 is 1.74 bits per heavy atom. The fraction of sp³-hybridized carbons (Fsp3) is 0.545. The zero-order valence-corrected chi connectivity index (χ0v) is 12.2. The average molecular weight is 284 g/mol. The van der Waals surface area contributed by atoms with E-state index in [1.54, 1.807) is 0 Å². The van der Waals surface area contributed by atoms with Gasteiger partial charge in [-0.05, 0) is 39.8 Å². The average Bonchev–Trinajstić information content (AvgIpc) is 2.47. The van der Waals surface area contributed by atoms with Gasteiger partial charge in [-0.3, -0.25) is 4.98 Å². The molecule has 1 aromatic rings. The Kier molecular flexibility index (Phi) is 3.25. The fourth-order valence-electron chi connectivity index (χ4n) is 1.70. The lowest BCUT2D eigenvalue weighted by molar-refractivity contribution is 0.00578. The summed E-state index contributed by atoms with van der Waals surface area (Å²) in [4.78, 5) is 4.09. The molecule has 1 saturated heterocycles. The molecule has 0 atom stereocenters. The first kappa shape index (κ1) is 14.5. The Labute approximate surface area is 113 Å². The van der Waals surface area contributed by atoms with Crippen molar-refractivity contribution < 1.29 is 17.7 Å². The molecule has 8 heteroatoms. The summed E-state index contributed by atoms with van der Waals surface area (Å²) in [7, 11) is -4.47. The summed E-state index contributed by atoms with van der Waals surface area (Å²) < 4.78 is 34.2. The second kappa shape index (κ2) is 4.27. The predicted molar refractivity (Wildman–Crippen MR) is 71.3 cm³/mol. The molecule has 0 unspecified atom stereocenters. The van der Waals surface area contributed by atoms with Gasteiger partial charge < -0.3 is 9.31 Å². The molecule has 6 nitrogen and oxygen atoms in total. The van der Waals surface area contributed by atoms with Crippen LogP contribution in [0.15, 0.2) is 23.2 Å². The number of nitrogens with two attached hydrogens (primary N) is 1. The van der Waals surface area contributed by atoms with Crippen molar-refractivity contribution in [1.82, 2.24) is 4.98 Å². The van der Waals surface area contributed by atoms with Gasteiger partial charge in [0.2, 0.25) is 10.0 Å². The highest BCUT2D eigenvalue weighted by Crippen LogP contribution is 2.36. The number of primary sulfonamides is 1. The molecule has 0 bridgehead atoms. The number of hydrogen-bond acceptors (Lipinski definition) is 5. The standard InChI is InChI=1S/C11H17BN2O4S/c1-10(2)11(3,4)18-12(17-10)9-7-8(5-6-14-9)19(13,15)16/h5-7H,1-4H3,(H2,13,15,16). The minimum atomic E-state index is -3.76. The van der Waals surface area contributed by atoms with E-state index in [1.165, 1.54) is 18.3 Å². The van der Waals surface area contributed by atoms with Gasteiger partial charge in [-0.15, -0.1) is 0 Å². The molecule has 0 aromatic carbocycles. The first-order valence-electron chi connectivity index (χ1n) is 5.87. The lowest BCUT2D eigenvalue weighted by Crippen LogP contribution is -2.41. The number of sulfonamides is 1. The van der Waals surface area contributed by atoms with Crippen LogP contribution in [0.3, 0.4) is 0 Å². The molecule has 19 heavy (non-hydrogen) atoms. The lowest BCUT2D eigenvalue weighted by Gasteiger charge is -2.32. The molecule has 2 rings (SSSR count). The Morgan fingerprint density at radius 3 is 2.21 bits per heavy atom. The van der Waals surface area contributed by atoms with Crippen molar-refractivity contribution >= 4 is 22.7 Å². The van der Waals surface area contributed by atoms with Crippen molar-refractivity contribution in [3.8, 4) is 0 Å². The monoisotopic (exact) mass is 284 g/mol. The van der Waals surface area contributed by atoms with E-state index < -0.39 is 28.3 Å². The quantitative estimate of drug-likeness (QED) is 0.773. The maximum absolute atomic E-state index is 11.3. The third-order valence-electron chi connectivity index (χ3n) is 3.58. The topological polar surface area (TPSA) is 91.5 Å². The van der Waals surface area contributed by atoms with Gasteiger partial charge in [-0.2, -0.15) is 0 Å². The number of hydrogen-bond donors (Lipinski definition) is 1. The summed E-state index contributed by atoms with van der Waals surface area (Å²) in [6.07, 6.45) is 1.38. The van der Waals surface area contributed by atoms with E-state index in [-0.39, 0.29) is 4.90 Å². The summed E-state index contributed by atoms with van der Waals surface area (Å²) in [5.74, 6) is 0. The summed E-state index contributed by atoms with van der Waals surface area (Å²) >= 11 is 0. The van der Waals surface area contributed by atoms with E-state index in [0.29, 0.717) is 5.59 Å². The molecule has 0 spiro atoms. The van der Waals surface area contributed by atoms with Gasteiger partial charge in [-0.1, -0.05) is 0 Å². The highest BCUT2D eigenvalue weighted by molar-refractivity contribution is 7.89. The summed E-state index contributed by atoms with van der Waals surface area (Å²) in [6.45, 7) is 7.65. The van der Waals surface area contributed by atoms with Gasteiger partial charge in [0.05, 0.1) is 21.7 Å². The first-order valence-corrected chi connectivity index (χ1v) is 7.42. The fourth-order valence-corrected chi connectivity index (χ4v) is 2.23. The van der Waals surface area contributed by atoms with Gasteiger partial charge in [0.1, 0.15) is 0 Å². The van der Waals surface area contributed by atoms with E-state index in [4.69, 9.17) is 14.4 Å². The Balaban J connectivity index is 2.36. The van der Waals surface area contributed by atoms with E-state index in [1.807, 2.05) is 27.7 Å². The van der Waals surface area contributed by atoms with Gasteiger partial charge >= 0.3 is 7.12 Å². The van der Waals surface area contributed by atoms with Crippen LogP contribution in [-0.4, -0.2) is 31.7 Å². The third kappa shape index (κ3) is 2.67. The molecule has 2 heterocycles. The summed E-state index contributed by atoms with van der Waals surface area (Å²) in [5.41, 5.74) is -0.612. The summed E-state index contributed by atoms with van der Waals surface area (Å²) in [6, 6.07) is 2.71. The predicted octanol–water partition coefficient (Wildman–Crippen LogP) is 0.0282. The van der Waals surface area contributed by atoms with Crippen LogP contribution in [0.2, 0.25) is 0 Å². The van der Waals surface area contributed by atoms with Crippen molar-refractivity contribution in [2.45, 2.75) is 43.8 Å². The number of pyridine rings is 1. The van der Waals surface area contributed by atoms with E-state index in [0.717, 1.165) is 0 Å². The van der Waals surface area contributed by atoms with Crippen LogP contribution < -0.4 is 10.7 Å². The molecule has 1 fully saturated rings. The molecule has 1 aliphatic rings. The molecule has 2 N–H and O–H groups in total. The van der Waals surface area contributed by atoms with E-state index in [9.17, 15) is 8.42 Å². The van der Waals surface area contributed by atoms with Crippen LogP contribution >= 0.6 is 0 Å². The van der Waals surface area contributed by atoms with Crippen molar-refractivity contribution in [2.24, 2.45) is 5.14 Å². The number of nitrogens with zero attached hydrogens (tertiary/aromatic N) is 1. The van der Waals surface area contributed by atoms with Gasteiger partial charge in [0, 0.05) is 6.20 Å². The maximum Gasteiger partial charge on any atom is 0.514 e. The molecule has 104 valence electrons. The largest absolute Gasteiger partial charge is 0.514 e.